The van der Waals surface area contributed by atoms with Crippen LogP contribution in [0.1, 0.15) is 46.5 Å². The lowest BCUT2D eigenvalue weighted by Crippen LogP contribution is -2.42. The summed E-state index contributed by atoms with van der Waals surface area (Å²) in [6, 6.07) is 0.188. The fourth-order valence-corrected chi connectivity index (χ4v) is 1.96. The maximum Gasteiger partial charge on any atom is 0.407 e. The van der Waals surface area contributed by atoms with Crippen LogP contribution in [0.25, 0.3) is 0 Å². The van der Waals surface area contributed by atoms with Crippen molar-refractivity contribution in [3.05, 3.63) is 0 Å². The van der Waals surface area contributed by atoms with E-state index in [9.17, 15) is 4.79 Å². The number of hydrogen-bond donors (Lipinski definition) is 1. The molecule has 4 heteroatoms. The SMILES string of the molecule is CO[C@H]1CCCC(NC(=O)OC(C)(C)C)C1. The average molecular weight is 229 g/mol. The van der Waals surface area contributed by atoms with Crippen LogP contribution in [0, 0.1) is 0 Å². The Morgan fingerprint density at radius 3 is 2.56 bits per heavy atom. The molecule has 1 rings (SSSR count). The van der Waals surface area contributed by atoms with Crippen molar-refractivity contribution in [2.24, 2.45) is 0 Å². The standard InChI is InChI=1S/C12H23NO3/c1-12(2,3)16-11(14)13-9-6-5-7-10(8-9)15-4/h9-10H,5-8H2,1-4H3,(H,13,14)/t9?,10-/m0/s1. The molecule has 1 aliphatic carbocycles. The number of methoxy groups -OCH3 is 1. The zero-order chi connectivity index (χ0) is 12.2. The van der Waals surface area contributed by atoms with E-state index in [4.69, 9.17) is 9.47 Å². The Bertz CT molecular complexity index is 235. The van der Waals surface area contributed by atoms with Crippen molar-refractivity contribution in [2.45, 2.75) is 64.2 Å². The van der Waals surface area contributed by atoms with Crippen LogP contribution < -0.4 is 5.32 Å². The number of nitrogens with one attached hydrogen (secondary N) is 1. The van der Waals surface area contributed by atoms with Crippen LogP contribution >= 0.6 is 0 Å². The lowest BCUT2D eigenvalue weighted by molar-refractivity contribution is 0.0371. The van der Waals surface area contributed by atoms with Gasteiger partial charge in [0.15, 0.2) is 0 Å². The Morgan fingerprint density at radius 1 is 1.31 bits per heavy atom. The number of ether oxygens (including phenoxy) is 2. The van der Waals surface area contributed by atoms with Gasteiger partial charge in [0, 0.05) is 13.2 Å². The molecular formula is C12H23NO3. The van der Waals surface area contributed by atoms with Gasteiger partial charge in [-0.3, -0.25) is 0 Å². The molecule has 94 valence electrons. The predicted octanol–water partition coefficient (Wildman–Crippen LogP) is 2.47. The molecule has 0 aromatic carbocycles. The summed E-state index contributed by atoms with van der Waals surface area (Å²) in [6.07, 6.45) is 4.03. The molecule has 1 unspecified atom stereocenters. The highest BCUT2D eigenvalue weighted by molar-refractivity contribution is 5.68. The summed E-state index contributed by atoms with van der Waals surface area (Å²) >= 11 is 0. The van der Waals surface area contributed by atoms with Crippen molar-refractivity contribution in [1.29, 1.82) is 0 Å². The minimum absolute atomic E-state index is 0.188. The van der Waals surface area contributed by atoms with Gasteiger partial charge in [-0.15, -0.1) is 0 Å². The van der Waals surface area contributed by atoms with E-state index in [1.54, 1.807) is 7.11 Å². The Balaban J connectivity index is 2.33. The van der Waals surface area contributed by atoms with Gasteiger partial charge in [-0.1, -0.05) is 0 Å². The van der Waals surface area contributed by atoms with Crippen molar-refractivity contribution in [1.82, 2.24) is 5.32 Å². The highest BCUT2D eigenvalue weighted by atomic mass is 16.6. The van der Waals surface area contributed by atoms with E-state index >= 15 is 0 Å². The fourth-order valence-electron chi connectivity index (χ4n) is 1.96. The second-order valence-electron chi connectivity index (χ2n) is 5.37. The van der Waals surface area contributed by atoms with Crippen molar-refractivity contribution in [3.63, 3.8) is 0 Å². The van der Waals surface area contributed by atoms with E-state index in [0.717, 1.165) is 25.7 Å². The van der Waals surface area contributed by atoms with Crippen molar-refractivity contribution in [2.75, 3.05) is 7.11 Å². The second-order valence-corrected chi connectivity index (χ2v) is 5.37. The molecule has 1 amide bonds. The lowest BCUT2D eigenvalue weighted by atomic mass is 9.93. The fraction of sp³-hybridized carbons (Fsp3) is 0.917. The van der Waals surface area contributed by atoms with Gasteiger partial charge in [0.05, 0.1) is 6.10 Å². The van der Waals surface area contributed by atoms with E-state index in [2.05, 4.69) is 5.32 Å². The first-order valence-electron chi connectivity index (χ1n) is 5.93. The molecule has 0 aromatic rings. The second kappa shape index (κ2) is 5.53. The average Bonchev–Trinajstić information content (AvgIpc) is 2.15. The highest BCUT2D eigenvalue weighted by Crippen LogP contribution is 2.21. The molecule has 0 aliphatic heterocycles. The molecule has 16 heavy (non-hydrogen) atoms. The maximum absolute atomic E-state index is 11.5. The Kier molecular flexibility index (Phi) is 4.59. The van der Waals surface area contributed by atoms with E-state index in [0.29, 0.717) is 0 Å². The molecule has 0 aromatic heterocycles. The van der Waals surface area contributed by atoms with Crippen LogP contribution in [-0.4, -0.2) is 30.9 Å². The Labute approximate surface area is 97.7 Å². The van der Waals surface area contributed by atoms with Gasteiger partial charge in [0.2, 0.25) is 0 Å². The molecule has 1 aliphatic rings. The normalized spacial score (nSPS) is 26.2. The Hall–Kier alpha value is -0.770. The zero-order valence-electron chi connectivity index (χ0n) is 10.7. The molecule has 0 heterocycles. The van der Waals surface area contributed by atoms with Crippen molar-refractivity contribution >= 4 is 6.09 Å². The summed E-state index contributed by atoms with van der Waals surface area (Å²) in [5.74, 6) is 0. The van der Waals surface area contributed by atoms with Crippen LogP contribution in [0.15, 0.2) is 0 Å². The molecule has 1 saturated carbocycles. The van der Waals surface area contributed by atoms with Gasteiger partial charge in [-0.25, -0.2) is 4.79 Å². The first-order valence-corrected chi connectivity index (χ1v) is 5.93. The number of alkyl carbamates (subject to hydrolysis) is 1. The molecule has 0 bridgehead atoms. The topological polar surface area (TPSA) is 47.6 Å². The van der Waals surface area contributed by atoms with Crippen LogP contribution in [0.3, 0.4) is 0 Å². The monoisotopic (exact) mass is 229 g/mol. The van der Waals surface area contributed by atoms with Crippen molar-refractivity contribution in [3.8, 4) is 0 Å². The molecule has 0 saturated heterocycles. The van der Waals surface area contributed by atoms with E-state index in [-0.39, 0.29) is 18.2 Å². The number of amides is 1. The molecule has 1 N–H and O–H groups in total. The summed E-state index contributed by atoms with van der Waals surface area (Å²) in [4.78, 5) is 11.5. The van der Waals surface area contributed by atoms with Crippen LogP contribution in [0.5, 0.6) is 0 Å². The van der Waals surface area contributed by atoms with E-state index in [1.165, 1.54) is 0 Å². The number of carbonyl (C=O) groups excluding carboxylic acids is 1. The van der Waals surface area contributed by atoms with Gasteiger partial charge in [-0.05, 0) is 46.5 Å². The smallest absolute Gasteiger partial charge is 0.407 e. The summed E-state index contributed by atoms with van der Waals surface area (Å²) in [7, 11) is 1.72. The molecule has 0 spiro atoms. The van der Waals surface area contributed by atoms with Gasteiger partial charge >= 0.3 is 6.09 Å². The van der Waals surface area contributed by atoms with Crippen LogP contribution in [-0.2, 0) is 9.47 Å². The molecule has 0 radical (unpaired) electrons. The van der Waals surface area contributed by atoms with Gasteiger partial charge in [0.1, 0.15) is 5.60 Å². The summed E-state index contributed by atoms with van der Waals surface area (Å²) in [5, 5.41) is 2.90. The number of rotatable bonds is 2. The summed E-state index contributed by atoms with van der Waals surface area (Å²) in [5.41, 5.74) is -0.431. The van der Waals surface area contributed by atoms with E-state index in [1.807, 2.05) is 20.8 Å². The molecule has 1 fully saturated rings. The third-order valence-corrected chi connectivity index (χ3v) is 2.68. The first kappa shape index (κ1) is 13.3. The van der Waals surface area contributed by atoms with Gasteiger partial charge < -0.3 is 14.8 Å². The molecular weight excluding hydrogens is 206 g/mol. The quantitative estimate of drug-likeness (QED) is 0.791. The van der Waals surface area contributed by atoms with Gasteiger partial charge in [-0.2, -0.15) is 0 Å². The molecule has 4 nitrogen and oxygen atoms in total. The van der Waals surface area contributed by atoms with Gasteiger partial charge in [0.25, 0.3) is 0 Å². The minimum Gasteiger partial charge on any atom is -0.444 e. The third-order valence-electron chi connectivity index (χ3n) is 2.68. The lowest BCUT2D eigenvalue weighted by Gasteiger charge is -2.29. The minimum atomic E-state index is -0.431. The number of hydrogen-bond acceptors (Lipinski definition) is 3. The van der Waals surface area contributed by atoms with E-state index < -0.39 is 5.60 Å². The first-order chi connectivity index (χ1) is 7.40. The zero-order valence-corrected chi connectivity index (χ0v) is 10.7. The Morgan fingerprint density at radius 2 is 2.00 bits per heavy atom. The molecule has 2 atom stereocenters. The van der Waals surface area contributed by atoms with Crippen LogP contribution in [0.2, 0.25) is 0 Å². The summed E-state index contributed by atoms with van der Waals surface area (Å²) in [6.45, 7) is 5.60. The van der Waals surface area contributed by atoms with Crippen LogP contribution in [0.4, 0.5) is 4.79 Å². The highest BCUT2D eigenvalue weighted by Gasteiger charge is 2.25. The number of carbonyl (C=O) groups is 1. The largest absolute Gasteiger partial charge is 0.444 e. The van der Waals surface area contributed by atoms with Crippen molar-refractivity contribution < 1.29 is 14.3 Å². The summed E-state index contributed by atoms with van der Waals surface area (Å²) < 4.78 is 10.5. The maximum atomic E-state index is 11.5. The predicted molar refractivity (Wildman–Crippen MR) is 62.4 cm³/mol. The third kappa shape index (κ3) is 4.84.